The number of piperidine rings is 1. The first kappa shape index (κ1) is 14.3. The summed E-state index contributed by atoms with van der Waals surface area (Å²) in [7, 11) is 0. The molecule has 0 saturated carbocycles. The number of likely N-dealkylation sites (tertiary alicyclic amines) is 1. The highest BCUT2D eigenvalue weighted by Crippen LogP contribution is 2.18. The molecule has 3 nitrogen and oxygen atoms in total. The first-order chi connectivity index (χ1) is 10.1. The molecule has 2 N–H and O–H groups in total. The maximum atomic E-state index is 12.9. The van der Waals surface area contributed by atoms with Gasteiger partial charge >= 0.3 is 0 Å². The van der Waals surface area contributed by atoms with E-state index in [0.29, 0.717) is 0 Å². The van der Waals surface area contributed by atoms with Crippen molar-refractivity contribution in [3.05, 3.63) is 44.7 Å². The Bertz CT molecular complexity index is 724. The normalized spacial score (nSPS) is 16.5. The molecule has 1 aliphatic rings. The lowest BCUT2D eigenvalue weighted by Gasteiger charge is -2.24. The van der Waals surface area contributed by atoms with E-state index < -0.39 is 0 Å². The number of nitrogens with one attached hydrogen (secondary N) is 2. The topological polar surface area (TPSA) is 37.3 Å². The summed E-state index contributed by atoms with van der Waals surface area (Å²) in [5.41, 5.74) is 5.66. The van der Waals surface area contributed by atoms with Crippen LogP contribution in [0.3, 0.4) is 0 Å². The predicted octanol–water partition coefficient (Wildman–Crippen LogP) is 2.02. The number of aromatic amines is 1. The van der Waals surface area contributed by atoms with E-state index in [4.69, 9.17) is 0 Å². The van der Waals surface area contributed by atoms with Gasteiger partial charge in [-0.2, -0.15) is 0 Å². The van der Waals surface area contributed by atoms with Crippen LogP contribution in [0, 0.1) is 20.8 Å². The first-order valence-electron chi connectivity index (χ1n) is 8.03. The standard InChI is InChI=1S/C18H24N2O/c1-12-7-8-15-17(13(12)2)19-14(3)16(18(15)21)11-20-9-5-4-6-10-20/h7-8H,4-6,9-11H2,1-3H3,(H,19,21)/p+1. The molecule has 1 aromatic carbocycles. The van der Waals surface area contributed by atoms with Crippen molar-refractivity contribution in [3.63, 3.8) is 0 Å². The van der Waals surface area contributed by atoms with Crippen molar-refractivity contribution >= 4 is 10.9 Å². The molecular weight excluding hydrogens is 260 g/mol. The zero-order valence-corrected chi connectivity index (χ0v) is 13.3. The minimum absolute atomic E-state index is 0.224. The summed E-state index contributed by atoms with van der Waals surface area (Å²) < 4.78 is 0. The van der Waals surface area contributed by atoms with Crippen molar-refractivity contribution in [2.75, 3.05) is 13.1 Å². The van der Waals surface area contributed by atoms with E-state index in [1.807, 2.05) is 13.0 Å². The highest BCUT2D eigenvalue weighted by molar-refractivity contribution is 5.83. The lowest BCUT2D eigenvalue weighted by Crippen LogP contribution is -3.11. The number of H-pyrrole nitrogens is 1. The molecule has 3 heteroatoms. The summed E-state index contributed by atoms with van der Waals surface area (Å²) in [6.45, 7) is 9.48. The van der Waals surface area contributed by atoms with E-state index in [-0.39, 0.29) is 5.43 Å². The third kappa shape index (κ3) is 2.62. The molecule has 0 spiro atoms. The Kier molecular flexibility index (Phi) is 3.85. The second-order valence-electron chi connectivity index (χ2n) is 6.48. The molecule has 0 amide bonds. The number of fused-ring (bicyclic) bond motifs is 1. The highest BCUT2D eigenvalue weighted by atomic mass is 16.1. The van der Waals surface area contributed by atoms with Crippen LogP contribution in [0.15, 0.2) is 16.9 Å². The fourth-order valence-electron chi connectivity index (χ4n) is 3.45. The molecule has 3 rings (SSSR count). The van der Waals surface area contributed by atoms with Crippen LogP contribution in [0.25, 0.3) is 10.9 Å². The van der Waals surface area contributed by atoms with E-state index >= 15 is 0 Å². The monoisotopic (exact) mass is 285 g/mol. The van der Waals surface area contributed by atoms with Gasteiger partial charge in [-0.3, -0.25) is 4.79 Å². The molecule has 1 saturated heterocycles. The average Bonchev–Trinajstić information content (AvgIpc) is 2.49. The zero-order valence-electron chi connectivity index (χ0n) is 13.3. The van der Waals surface area contributed by atoms with Gasteiger partial charge in [-0.05, 0) is 57.2 Å². The predicted molar refractivity (Wildman–Crippen MR) is 87.0 cm³/mol. The molecule has 0 atom stereocenters. The van der Waals surface area contributed by atoms with Crippen LogP contribution in [0.4, 0.5) is 0 Å². The molecule has 2 heterocycles. The Hall–Kier alpha value is -1.61. The lowest BCUT2D eigenvalue weighted by molar-refractivity contribution is -0.918. The van der Waals surface area contributed by atoms with Gasteiger partial charge < -0.3 is 9.88 Å². The quantitative estimate of drug-likeness (QED) is 0.870. The molecule has 1 aromatic heterocycles. The molecule has 21 heavy (non-hydrogen) atoms. The van der Waals surface area contributed by atoms with Crippen molar-refractivity contribution in [2.45, 2.75) is 46.6 Å². The smallest absolute Gasteiger partial charge is 0.198 e. The van der Waals surface area contributed by atoms with Crippen LogP contribution in [0.5, 0.6) is 0 Å². The number of benzene rings is 1. The molecule has 1 fully saturated rings. The van der Waals surface area contributed by atoms with E-state index in [9.17, 15) is 4.79 Å². The van der Waals surface area contributed by atoms with Gasteiger partial charge in [-0.15, -0.1) is 0 Å². The second kappa shape index (κ2) is 5.64. The third-order valence-electron chi connectivity index (χ3n) is 5.01. The highest BCUT2D eigenvalue weighted by Gasteiger charge is 2.19. The molecule has 0 aliphatic carbocycles. The Morgan fingerprint density at radius 3 is 2.52 bits per heavy atom. The van der Waals surface area contributed by atoms with E-state index in [1.165, 1.54) is 43.5 Å². The fourth-order valence-corrected chi connectivity index (χ4v) is 3.45. The fraction of sp³-hybridized carbons (Fsp3) is 0.500. The molecule has 0 unspecified atom stereocenters. The molecule has 1 aliphatic heterocycles. The summed E-state index contributed by atoms with van der Waals surface area (Å²) in [4.78, 5) is 17.9. The summed E-state index contributed by atoms with van der Waals surface area (Å²) in [5, 5.41) is 0.843. The minimum atomic E-state index is 0.224. The minimum Gasteiger partial charge on any atom is -0.358 e. The maximum absolute atomic E-state index is 12.9. The summed E-state index contributed by atoms with van der Waals surface area (Å²) in [5.74, 6) is 0. The van der Waals surface area contributed by atoms with Crippen LogP contribution in [-0.4, -0.2) is 18.1 Å². The van der Waals surface area contributed by atoms with Crippen LogP contribution in [-0.2, 0) is 6.54 Å². The van der Waals surface area contributed by atoms with Crippen molar-refractivity contribution in [1.29, 1.82) is 0 Å². The van der Waals surface area contributed by atoms with E-state index in [0.717, 1.165) is 28.7 Å². The first-order valence-corrected chi connectivity index (χ1v) is 8.03. The van der Waals surface area contributed by atoms with Crippen LogP contribution in [0.1, 0.15) is 41.6 Å². The Balaban J connectivity index is 2.07. The summed E-state index contributed by atoms with van der Waals surface area (Å²) in [6, 6.07) is 4.03. The van der Waals surface area contributed by atoms with Crippen molar-refractivity contribution in [3.8, 4) is 0 Å². The summed E-state index contributed by atoms with van der Waals surface area (Å²) in [6.07, 6.45) is 3.92. The molecule has 112 valence electrons. The van der Waals surface area contributed by atoms with Gasteiger partial charge in [0.25, 0.3) is 0 Å². The average molecular weight is 285 g/mol. The van der Waals surface area contributed by atoms with Crippen molar-refractivity contribution in [2.24, 2.45) is 0 Å². The van der Waals surface area contributed by atoms with Gasteiger partial charge in [-0.25, -0.2) is 0 Å². The van der Waals surface area contributed by atoms with Gasteiger partial charge in [0.2, 0.25) is 0 Å². The number of pyridine rings is 1. The molecular formula is C18H25N2O+. The number of aromatic nitrogens is 1. The van der Waals surface area contributed by atoms with Gasteiger partial charge in [0, 0.05) is 11.1 Å². The van der Waals surface area contributed by atoms with Gasteiger partial charge in [0.15, 0.2) is 5.43 Å². The van der Waals surface area contributed by atoms with Crippen molar-refractivity contribution in [1.82, 2.24) is 4.98 Å². The SMILES string of the molecule is Cc1ccc2c(=O)c(C[NH+]3CCCCC3)c(C)[nH]c2c1C. The number of rotatable bonds is 2. The lowest BCUT2D eigenvalue weighted by atomic mass is 10.0. The van der Waals surface area contributed by atoms with E-state index in [2.05, 4.69) is 24.9 Å². The van der Waals surface area contributed by atoms with Crippen LogP contribution < -0.4 is 10.3 Å². The van der Waals surface area contributed by atoms with Gasteiger partial charge in [0.05, 0.1) is 24.2 Å². The van der Waals surface area contributed by atoms with Crippen LogP contribution >= 0.6 is 0 Å². The molecule has 0 radical (unpaired) electrons. The maximum Gasteiger partial charge on any atom is 0.198 e. The number of hydrogen-bond acceptors (Lipinski definition) is 1. The largest absolute Gasteiger partial charge is 0.358 e. The third-order valence-corrected chi connectivity index (χ3v) is 5.01. The van der Waals surface area contributed by atoms with Gasteiger partial charge in [-0.1, -0.05) is 6.07 Å². The Morgan fingerprint density at radius 2 is 1.81 bits per heavy atom. The number of aryl methyl sites for hydroxylation is 3. The molecule has 2 aromatic rings. The summed E-state index contributed by atoms with van der Waals surface area (Å²) >= 11 is 0. The van der Waals surface area contributed by atoms with Gasteiger partial charge in [0.1, 0.15) is 6.54 Å². The second-order valence-corrected chi connectivity index (χ2v) is 6.48. The van der Waals surface area contributed by atoms with E-state index in [1.54, 1.807) is 4.90 Å². The number of hydrogen-bond donors (Lipinski definition) is 2. The van der Waals surface area contributed by atoms with Crippen LogP contribution in [0.2, 0.25) is 0 Å². The number of quaternary nitrogens is 1. The Labute approximate surface area is 126 Å². The Morgan fingerprint density at radius 1 is 1.10 bits per heavy atom. The molecule has 0 bridgehead atoms. The van der Waals surface area contributed by atoms with Crippen molar-refractivity contribution < 1.29 is 4.90 Å². The zero-order chi connectivity index (χ0) is 15.0.